The maximum Gasteiger partial charge on any atom is 0.332 e. The fourth-order valence-corrected chi connectivity index (χ4v) is 2.20. The zero-order valence-corrected chi connectivity index (χ0v) is 12.6. The molecule has 7 heteroatoms. The Morgan fingerprint density at radius 2 is 2.11 bits per heavy atom. The molecule has 1 amide bonds. The summed E-state index contributed by atoms with van der Waals surface area (Å²) in [6.07, 6.45) is -1.01. The van der Waals surface area contributed by atoms with Crippen LogP contribution in [0.2, 0.25) is 0 Å². The maximum atomic E-state index is 11.5. The minimum Gasteiger partial charge on any atom is -0.479 e. The molecular formula is C11H11Br2NO4. The van der Waals surface area contributed by atoms with Crippen LogP contribution in [-0.4, -0.2) is 29.7 Å². The summed E-state index contributed by atoms with van der Waals surface area (Å²) in [5.74, 6) is -1.52. The topological polar surface area (TPSA) is 75.6 Å². The summed E-state index contributed by atoms with van der Waals surface area (Å²) >= 11 is 6.59. The molecule has 0 aliphatic rings. The largest absolute Gasteiger partial charge is 0.479 e. The molecule has 0 aliphatic heterocycles. The van der Waals surface area contributed by atoms with Crippen molar-refractivity contribution >= 4 is 49.4 Å². The summed E-state index contributed by atoms with van der Waals surface area (Å²) in [7, 11) is 0. The Kier molecular flexibility index (Phi) is 5.77. The molecule has 0 spiro atoms. The number of rotatable bonds is 5. The molecule has 1 rings (SSSR count). The Bertz CT molecular complexity index is 464. The van der Waals surface area contributed by atoms with Crippen LogP contribution in [0.25, 0.3) is 0 Å². The number of carboxylic acids is 1. The number of benzene rings is 1. The first-order chi connectivity index (χ1) is 8.40. The zero-order chi connectivity index (χ0) is 13.7. The number of hydrogen-bond donors (Lipinski definition) is 2. The Hall–Kier alpha value is -0.920. The molecule has 0 aromatic heterocycles. The number of nitrogens with one attached hydrogen (secondary N) is 1. The van der Waals surface area contributed by atoms with Gasteiger partial charge in [0.25, 0.3) is 0 Å². The number of anilines is 1. The van der Waals surface area contributed by atoms with E-state index in [9.17, 15) is 9.59 Å². The van der Waals surface area contributed by atoms with Crippen molar-refractivity contribution in [2.24, 2.45) is 0 Å². The van der Waals surface area contributed by atoms with Crippen LogP contribution in [0.15, 0.2) is 27.1 Å². The fraction of sp³-hybridized carbons (Fsp3) is 0.273. The lowest BCUT2D eigenvalue weighted by Crippen LogP contribution is -2.26. The highest BCUT2D eigenvalue weighted by atomic mass is 79.9. The van der Waals surface area contributed by atoms with Gasteiger partial charge in [0, 0.05) is 8.95 Å². The standard InChI is InChI=1S/C11H11Br2NO4/c1-6(11(16)17)18-5-10(15)14-9-3-2-7(12)4-8(9)13/h2-4,6H,5H2,1H3,(H,14,15)(H,16,17)/t6-/m1/s1. The predicted molar refractivity (Wildman–Crippen MR) is 73.5 cm³/mol. The van der Waals surface area contributed by atoms with Crippen LogP contribution >= 0.6 is 31.9 Å². The molecule has 0 saturated heterocycles. The maximum absolute atomic E-state index is 11.5. The predicted octanol–water partition coefficient (Wildman–Crippen LogP) is 2.64. The molecule has 0 fully saturated rings. The second kappa shape index (κ2) is 6.86. The van der Waals surface area contributed by atoms with Crippen molar-refractivity contribution in [1.82, 2.24) is 0 Å². The van der Waals surface area contributed by atoms with Gasteiger partial charge in [0.15, 0.2) is 6.10 Å². The highest BCUT2D eigenvalue weighted by Gasteiger charge is 2.13. The van der Waals surface area contributed by atoms with Gasteiger partial charge in [-0.1, -0.05) is 15.9 Å². The van der Waals surface area contributed by atoms with Crippen LogP contribution < -0.4 is 5.32 Å². The summed E-state index contributed by atoms with van der Waals surface area (Å²) in [6, 6.07) is 5.28. The molecule has 0 heterocycles. The number of hydrogen-bond acceptors (Lipinski definition) is 3. The molecule has 18 heavy (non-hydrogen) atoms. The van der Waals surface area contributed by atoms with Crippen LogP contribution in [0.5, 0.6) is 0 Å². The van der Waals surface area contributed by atoms with Crippen molar-refractivity contribution in [2.45, 2.75) is 13.0 Å². The van der Waals surface area contributed by atoms with Crippen LogP contribution in [-0.2, 0) is 14.3 Å². The van der Waals surface area contributed by atoms with Gasteiger partial charge in [0.2, 0.25) is 5.91 Å². The molecule has 1 atom stereocenters. The molecule has 0 aliphatic carbocycles. The van der Waals surface area contributed by atoms with E-state index in [-0.39, 0.29) is 6.61 Å². The molecule has 1 aromatic carbocycles. The number of carboxylic acid groups (broad SMARTS) is 1. The minimum atomic E-state index is -1.10. The van der Waals surface area contributed by atoms with Gasteiger partial charge >= 0.3 is 5.97 Å². The first-order valence-electron chi connectivity index (χ1n) is 4.99. The number of amides is 1. The lowest BCUT2D eigenvalue weighted by atomic mass is 10.3. The lowest BCUT2D eigenvalue weighted by molar-refractivity contribution is -0.150. The van der Waals surface area contributed by atoms with Gasteiger partial charge in [0.05, 0.1) is 5.69 Å². The van der Waals surface area contributed by atoms with Crippen LogP contribution in [0, 0.1) is 0 Å². The molecule has 0 radical (unpaired) electrons. The average Bonchev–Trinajstić information content (AvgIpc) is 2.29. The van der Waals surface area contributed by atoms with Crippen LogP contribution in [0.1, 0.15) is 6.92 Å². The Balaban J connectivity index is 2.52. The molecule has 0 saturated carbocycles. The molecule has 0 bridgehead atoms. The minimum absolute atomic E-state index is 0.310. The molecule has 1 aromatic rings. The van der Waals surface area contributed by atoms with Crippen molar-refractivity contribution in [3.8, 4) is 0 Å². The first kappa shape index (κ1) is 15.1. The number of carbonyl (C=O) groups excluding carboxylic acids is 1. The molecule has 5 nitrogen and oxygen atoms in total. The van der Waals surface area contributed by atoms with Crippen LogP contribution in [0.3, 0.4) is 0 Å². The molecule has 0 unspecified atom stereocenters. The molecule has 2 N–H and O–H groups in total. The van der Waals surface area contributed by atoms with Crippen molar-refractivity contribution in [3.63, 3.8) is 0 Å². The zero-order valence-electron chi connectivity index (χ0n) is 9.44. The lowest BCUT2D eigenvalue weighted by Gasteiger charge is -2.10. The smallest absolute Gasteiger partial charge is 0.332 e. The van der Waals surface area contributed by atoms with Gasteiger partial charge in [-0.15, -0.1) is 0 Å². The van der Waals surface area contributed by atoms with E-state index in [1.165, 1.54) is 6.92 Å². The normalized spacial score (nSPS) is 11.9. The Labute approximate surface area is 121 Å². The summed E-state index contributed by atoms with van der Waals surface area (Å²) < 4.78 is 6.46. The SMILES string of the molecule is C[C@@H](OCC(=O)Nc1ccc(Br)cc1Br)C(=O)O. The summed E-state index contributed by atoms with van der Waals surface area (Å²) in [5, 5.41) is 11.2. The van der Waals surface area contributed by atoms with E-state index >= 15 is 0 Å². The van der Waals surface area contributed by atoms with Gasteiger partial charge in [-0.3, -0.25) is 4.79 Å². The van der Waals surface area contributed by atoms with Gasteiger partial charge in [0.1, 0.15) is 6.61 Å². The van der Waals surface area contributed by atoms with Crippen molar-refractivity contribution in [3.05, 3.63) is 27.1 Å². The van der Waals surface area contributed by atoms with E-state index in [0.29, 0.717) is 5.69 Å². The van der Waals surface area contributed by atoms with E-state index < -0.39 is 18.0 Å². The van der Waals surface area contributed by atoms with Crippen molar-refractivity contribution < 1.29 is 19.4 Å². The van der Waals surface area contributed by atoms with Gasteiger partial charge in [-0.2, -0.15) is 0 Å². The summed E-state index contributed by atoms with van der Waals surface area (Å²) in [6.45, 7) is 1.06. The third-order valence-electron chi connectivity index (χ3n) is 2.02. The fourth-order valence-electron chi connectivity index (χ4n) is 1.05. The van der Waals surface area contributed by atoms with E-state index in [1.807, 2.05) is 0 Å². The average molecular weight is 381 g/mol. The first-order valence-corrected chi connectivity index (χ1v) is 6.58. The van der Waals surface area contributed by atoms with E-state index in [1.54, 1.807) is 18.2 Å². The van der Waals surface area contributed by atoms with E-state index in [0.717, 1.165) is 8.95 Å². The number of aliphatic carboxylic acids is 1. The van der Waals surface area contributed by atoms with Gasteiger partial charge < -0.3 is 15.2 Å². The monoisotopic (exact) mass is 379 g/mol. The van der Waals surface area contributed by atoms with Gasteiger partial charge in [-0.05, 0) is 41.1 Å². The van der Waals surface area contributed by atoms with Gasteiger partial charge in [-0.25, -0.2) is 4.79 Å². The van der Waals surface area contributed by atoms with E-state index in [2.05, 4.69) is 37.2 Å². The third kappa shape index (κ3) is 4.75. The third-order valence-corrected chi connectivity index (χ3v) is 3.17. The molecule has 98 valence electrons. The van der Waals surface area contributed by atoms with Crippen molar-refractivity contribution in [1.29, 1.82) is 0 Å². The summed E-state index contributed by atoms with van der Waals surface area (Å²) in [5.41, 5.74) is 0.592. The number of halogens is 2. The highest BCUT2D eigenvalue weighted by molar-refractivity contribution is 9.11. The second-order valence-electron chi connectivity index (χ2n) is 3.46. The second-order valence-corrected chi connectivity index (χ2v) is 5.23. The highest BCUT2D eigenvalue weighted by Crippen LogP contribution is 2.25. The molecular weight excluding hydrogens is 370 g/mol. The van der Waals surface area contributed by atoms with Crippen molar-refractivity contribution in [2.75, 3.05) is 11.9 Å². The number of carbonyl (C=O) groups is 2. The quantitative estimate of drug-likeness (QED) is 0.823. The van der Waals surface area contributed by atoms with E-state index in [4.69, 9.17) is 9.84 Å². The Morgan fingerprint density at radius 1 is 1.44 bits per heavy atom. The Morgan fingerprint density at radius 3 is 2.67 bits per heavy atom. The number of ether oxygens (including phenoxy) is 1. The summed E-state index contributed by atoms with van der Waals surface area (Å²) in [4.78, 5) is 22.0. The van der Waals surface area contributed by atoms with Crippen LogP contribution in [0.4, 0.5) is 5.69 Å².